The van der Waals surface area contributed by atoms with E-state index in [0.29, 0.717) is 24.5 Å². The first kappa shape index (κ1) is 17.3. The van der Waals surface area contributed by atoms with Crippen LogP contribution in [0.5, 0.6) is 0 Å². The number of nitrogens with zero attached hydrogens (tertiary/aromatic N) is 2. The second-order valence-corrected chi connectivity index (χ2v) is 5.62. The lowest BCUT2D eigenvalue weighted by molar-refractivity contribution is 0.0950. The maximum absolute atomic E-state index is 12.2. The summed E-state index contributed by atoms with van der Waals surface area (Å²) in [5, 5.41) is 10.1. The van der Waals surface area contributed by atoms with Crippen molar-refractivity contribution in [2.24, 2.45) is 0 Å². The summed E-state index contributed by atoms with van der Waals surface area (Å²) >= 11 is 0. The van der Waals surface area contributed by atoms with Gasteiger partial charge in [0, 0.05) is 37.1 Å². The molecule has 1 aromatic carbocycles. The van der Waals surface area contributed by atoms with Crippen molar-refractivity contribution in [2.75, 3.05) is 11.9 Å². The number of benzene rings is 1. The summed E-state index contributed by atoms with van der Waals surface area (Å²) in [6.07, 6.45) is 4.85. The van der Waals surface area contributed by atoms with Gasteiger partial charge in [-0.3, -0.25) is 15.1 Å². The molecule has 3 N–H and O–H groups in total. The van der Waals surface area contributed by atoms with Gasteiger partial charge in [-0.2, -0.15) is 0 Å². The van der Waals surface area contributed by atoms with Crippen molar-refractivity contribution < 1.29 is 9.59 Å². The third-order valence-corrected chi connectivity index (χ3v) is 3.80. The number of fused-ring (bicyclic) bond motifs is 1. The van der Waals surface area contributed by atoms with Gasteiger partial charge in [-0.15, -0.1) is 0 Å². The molecule has 0 saturated carbocycles. The van der Waals surface area contributed by atoms with Crippen molar-refractivity contribution in [3.05, 3.63) is 66.1 Å². The number of carbonyl (C=O) groups excluding carboxylic acids is 2. The van der Waals surface area contributed by atoms with Crippen molar-refractivity contribution in [1.29, 1.82) is 0 Å². The molecule has 2 heterocycles. The average molecular weight is 349 g/mol. The number of aromatic nitrogens is 2. The Kier molecular flexibility index (Phi) is 5.38. The molecule has 3 amide bonds. The minimum absolute atomic E-state index is 0.183. The second-order valence-electron chi connectivity index (χ2n) is 5.62. The van der Waals surface area contributed by atoms with Crippen molar-refractivity contribution in [3.63, 3.8) is 0 Å². The largest absolute Gasteiger partial charge is 0.348 e. The predicted molar refractivity (Wildman–Crippen MR) is 99.8 cm³/mol. The van der Waals surface area contributed by atoms with Crippen LogP contribution in [-0.4, -0.2) is 28.5 Å². The van der Waals surface area contributed by atoms with Crippen LogP contribution in [0.15, 0.2) is 55.0 Å². The van der Waals surface area contributed by atoms with Gasteiger partial charge >= 0.3 is 6.03 Å². The molecule has 0 aliphatic carbocycles. The number of nitrogens with one attached hydrogen (secondary N) is 3. The van der Waals surface area contributed by atoms with Crippen molar-refractivity contribution in [1.82, 2.24) is 20.6 Å². The zero-order valence-electron chi connectivity index (χ0n) is 14.3. The fraction of sp³-hybridized carbons (Fsp3) is 0.158. The number of amides is 3. The summed E-state index contributed by atoms with van der Waals surface area (Å²) in [5.41, 5.74) is 1.45. The fourth-order valence-corrected chi connectivity index (χ4v) is 2.55. The number of pyridine rings is 2. The molecule has 26 heavy (non-hydrogen) atoms. The molecule has 0 aliphatic rings. The van der Waals surface area contributed by atoms with Gasteiger partial charge in [0.1, 0.15) is 5.82 Å². The van der Waals surface area contributed by atoms with Gasteiger partial charge in [0.05, 0.1) is 5.56 Å². The van der Waals surface area contributed by atoms with E-state index in [9.17, 15) is 9.59 Å². The molecular formula is C19H19N5O2. The summed E-state index contributed by atoms with van der Waals surface area (Å²) in [5.74, 6) is 0.289. The second kappa shape index (κ2) is 8.06. The minimum atomic E-state index is -0.292. The highest BCUT2D eigenvalue weighted by molar-refractivity contribution is 5.95. The molecule has 132 valence electrons. The molecular weight excluding hydrogens is 330 g/mol. The van der Waals surface area contributed by atoms with Crippen LogP contribution < -0.4 is 16.0 Å². The number of anilines is 1. The van der Waals surface area contributed by atoms with Crippen LogP contribution in [0.1, 0.15) is 22.8 Å². The van der Waals surface area contributed by atoms with Crippen LogP contribution in [-0.2, 0) is 6.54 Å². The first-order chi connectivity index (χ1) is 12.7. The molecule has 3 aromatic rings. The van der Waals surface area contributed by atoms with Crippen LogP contribution >= 0.6 is 0 Å². The van der Waals surface area contributed by atoms with Gasteiger partial charge in [0.2, 0.25) is 0 Å². The van der Waals surface area contributed by atoms with E-state index < -0.39 is 0 Å². The molecule has 2 aromatic heterocycles. The number of carbonyl (C=O) groups is 2. The number of hydrogen-bond donors (Lipinski definition) is 3. The van der Waals surface area contributed by atoms with Gasteiger partial charge < -0.3 is 10.6 Å². The third-order valence-electron chi connectivity index (χ3n) is 3.80. The Labute approximate surface area is 150 Å². The normalized spacial score (nSPS) is 10.3. The van der Waals surface area contributed by atoms with Crippen molar-refractivity contribution in [3.8, 4) is 0 Å². The van der Waals surface area contributed by atoms with Gasteiger partial charge in [0.25, 0.3) is 5.91 Å². The molecule has 0 bridgehead atoms. The highest BCUT2D eigenvalue weighted by atomic mass is 16.2. The van der Waals surface area contributed by atoms with E-state index in [1.165, 1.54) is 6.20 Å². The van der Waals surface area contributed by atoms with Gasteiger partial charge in [0.15, 0.2) is 0 Å². The molecule has 0 radical (unpaired) electrons. The quantitative estimate of drug-likeness (QED) is 0.660. The van der Waals surface area contributed by atoms with Crippen LogP contribution in [0, 0.1) is 0 Å². The molecule has 7 nitrogen and oxygen atoms in total. The van der Waals surface area contributed by atoms with Crippen molar-refractivity contribution >= 4 is 28.5 Å². The van der Waals surface area contributed by atoms with E-state index in [4.69, 9.17) is 0 Å². The fourth-order valence-electron chi connectivity index (χ4n) is 2.55. The standard InChI is InChI=1S/C19H19N5O2/c1-2-21-19(26)24-17-9-13-5-3-6-14(16(13)12-22-17)11-23-18(25)15-7-4-8-20-10-15/h3-10,12H,2,11H2,1H3,(H,23,25)(H2,21,22,24,26). The Bertz CT molecular complexity index is 928. The van der Waals surface area contributed by atoms with E-state index in [1.807, 2.05) is 25.1 Å². The Hall–Kier alpha value is -3.48. The highest BCUT2D eigenvalue weighted by Crippen LogP contribution is 2.20. The first-order valence-corrected chi connectivity index (χ1v) is 8.28. The predicted octanol–water partition coefficient (Wildman–Crippen LogP) is 2.70. The number of urea groups is 1. The zero-order chi connectivity index (χ0) is 18.4. The third kappa shape index (κ3) is 4.13. The van der Waals surface area contributed by atoms with Crippen LogP contribution in [0.4, 0.5) is 10.6 Å². The molecule has 7 heteroatoms. The lowest BCUT2D eigenvalue weighted by atomic mass is 10.1. The summed E-state index contributed by atoms with van der Waals surface area (Å²) < 4.78 is 0. The lowest BCUT2D eigenvalue weighted by Crippen LogP contribution is -2.28. The van der Waals surface area contributed by atoms with Gasteiger partial charge in [-0.1, -0.05) is 18.2 Å². The van der Waals surface area contributed by atoms with E-state index in [0.717, 1.165) is 16.3 Å². The topological polar surface area (TPSA) is 96.0 Å². The van der Waals surface area contributed by atoms with Gasteiger partial charge in [-0.25, -0.2) is 9.78 Å². The number of rotatable bonds is 5. The average Bonchev–Trinajstić information content (AvgIpc) is 2.66. The molecule has 0 spiro atoms. The Morgan fingerprint density at radius 2 is 1.96 bits per heavy atom. The zero-order valence-corrected chi connectivity index (χ0v) is 14.3. The van der Waals surface area contributed by atoms with E-state index in [2.05, 4.69) is 25.9 Å². The summed E-state index contributed by atoms with van der Waals surface area (Å²) in [7, 11) is 0. The Morgan fingerprint density at radius 1 is 1.08 bits per heavy atom. The first-order valence-electron chi connectivity index (χ1n) is 8.28. The Balaban J connectivity index is 1.75. The molecule has 0 aliphatic heterocycles. The maximum Gasteiger partial charge on any atom is 0.320 e. The lowest BCUT2D eigenvalue weighted by Gasteiger charge is -2.10. The smallest absolute Gasteiger partial charge is 0.320 e. The van der Waals surface area contributed by atoms with Crippen LogP contribution in [0.3, 0.4) is 0 Å². The van der Waals surface area contributed by atoms with E-state index >= 15 is 0 Å². The molecule has 0 saturated heterocycles. The summed E-state index contributed by atoms with van der Waals surface area (Å²) in [4.78, 5) is 32.0. The Morgan fingerprint density at radius 3 is 2.73 bits per heavy atom. The minimum Gasteiger partial charge on any atom is -0.348 e. The number of hydrogen-bond acceptors (Lipinski definition) is 4. The SMILES string of the molecule is CCNC(=O)Nc1cc2cccc(CNC(=O)c3cccnc3)c2cn1. The molecule has 0 atom stereocenters. The maximum atomic E-state index is 12.2. The van der Waals surface area contributed by atoms with E-state index in [-0.39, 0.29) is 11.9 Å². The van der Waals surface area contributed by atoms with Gasteiger partial charge in [-0.05, 0) is 36.1 Å². The molecule has 0 fully saturated rings. The highest BCUT2D eigenvalue weighted by Gasteiger charge is 2.08. The van der Waals surface area contributed by atoms with E-state index in [1.54, 1.807) is 30.6 Å². The molecule has 3 rings (SSSR count). The van der Waals surface area contributed by atoms with Crippen molar-refractivity contribution in [2.45, 2.75) is 13.5 Å². The summed E-state index contributed by atoms with van der Waals surface area (Å²) in [6, 6.07) is 10.7. The van der Waals surface area contributed by atoms with Crippen LogP contribution in [0.2, 0.25) is 0 Å². The summed E-state index contributed by atoms with van der Waals surface area (Å²) in [6.45, 7) is 2.76. The van der Waals surface area contributed by atoms with Crippen LogP contribution in [0.25, 0.3) is 10.8 Å². The monoisotopic (exact) mass is 349 g/mol. The molecule has 0 unspecified atom stereocenters.